The Hall–Kier alpha value is -1.94. The summed E-state index contributed by atoms with van der Waals surface area (Å²) in [7, 11) is 0. The van der Waals surface area contributed by atoms with E-state index in [1.165, 1.54) is 4.88 Å². The average molecular weight is 258 g/mol. The molecule has 18 heavy (non-hydrogen) atoms. The highest BCUT2D eigenvalue weighted by Crippen LogP contribution is 2.12. The second-order valence-corrected chi connectivity index (χ2v) is 5.28. The van der Waals surface area contributed by atoms with Crippen LogP contribution in [0.1, 0.15) is 25.7 Å². The van der Waals surface area contributed by atoms with E-state index < -0.39 is 0 Å². The van der Waals surface area contributed by atoms with Crippen molar-refractivity contribution in [3.63, 3.8) is 0 Å². The normalized spacial score (nSPS) is 10.8. The Balaban J connectivity index is 2.01. The molecule has 0 atom stereocenters. The molecule has 0 bridgehead atoms. The molecule has 0 radical (unpaired) electrons. The second-order valence-electron chi connectivity index (χ2n) is 3.96. The van der Waals surface area contributed by atoms with Crippen molar-refractivity contribution in [1.29, 1.82) is 0 Å². The van der Waals surface area contributed by atoms with Crippen LogP contribution in [0.3, 0.4) is 0 Å². The minimum atomic E-state index is -0.183. The van der Waals surface area contributed by atoms with Gasteiger partial charge in [-0.2, -0.15) is 5.10 Å². The van der Waals surface area contributed by atoms with E-state index in [1.54, 1.807) is 23.6 Å². The molecular formula is C14H14N2OS. The summed E-state index contributed by atoms with van der Waals surface area (Å²) in [4.78, 5) is 14.1. The number of benzene rings is 1. The van der Waals surface area contributed by atoms with Crippen LogP contribution < -0.4 is 5.43 Å². The van der Waals surface area contributed by atoms with Crippen LogP contribution in [0.5, 0.6) is 0 Å². The average Bonchev–Trinajstić information content (AvgIpc) is 2.75. The lowest BCUT2D eigenvalue weighted by Crippen LogP contribution is -2.18. The van der Waals surface area contributed by atoms with Crippen molar-refractivity contribution >= 4 is 23.5 Å². The topological polar surface area (TPSA) is 41.5 Å². The van der Waals surface area contributed by atoms with Crippen molar-refractivity contribution in [1.82, 2.24) is 5.43 Å². The monoisotopic (exact) mass is 258 g/mol. The van der Waals surface area contributed by atoms with Gasteiger partial charge >= 0.3 is 0 Å². The number of thiophene rings is 1. The third-order valence-corrected chi connectivity index (χ3v) is 3.44. The van der Waals surface area contributed by atoms with Crippen LogP contribution in [0.25, 0.3) is 0 Å². The van der Waals surface area contributed by atoms with Crippen LogP contribution in [0.15, 0.2) is 41.5 Å². The summed E-state index contributed by atoms with van der Waals surface area (Å²) in [6.45, 7) is 3.94. The summed E-state index contributed by atoms with van der Waals surface area (Å²) in [6.07, 6.45) is 1.66. The molecule has 0 fully saturated rings. The van der Waals surface area contributed by atoms with Gasteiger partial charge in [0.05, 0.1) is 6.21 Å². The van der Waals surface area contributed by atoms with Crippen molar-refractivity contribution < 1.29 is 4.79 Å². The molecule has 92 valence electrons. The van der Waals surface area contributed by atoms with Gasteiger partial charge < -0.3 is 0 Å². The van der Waals surface area contributed by atoms with Crippen molar-refractivity contribution in [2.24, 2.45) is 5.10 Å². The molecule has 3 nitrogen and oxygen atoms in total. The van der Waals surface area contributed by atoms with Gasteiger partial charge in [0, 0.05) is 15.3 Å². The smallest absolute Gasteiger partial charge is 0.267 e. The van der Waals surface area contributed by atoms with Crippen LogP contribution in [0.4, 0.5) is 0 Å². The van der Waals surface area contributed by atoms with E-state index in [4.69, 9.17) is 0 Å². The van der Waals surface area contributed by atoms with Gasteiger partial charge in [-0.3, -0.25) is 4.79 Å². The zero-order chi connectivity index (χ0) is 13.0. The highest BCUT2D eigenvalue weighted by molar-refractivity contribution is 7.13. The van der Waals surface area contributed by atoms with Gasteiger partial charge in [0.2, 0.25) is 0 Å². The number of nitrogens with one attached hydrogen (secondary N) is 1. The van der Waals surface area contributed by atoms with Crippen LogP contribution in [-0.4, -0.2) is 12.1 Å². The zero-order valence-corrected chi connectivity index (χ0v) is 11.1. The zero-order valence-electron chi connectivity index (χ0n) is 10.3. The Morgan fingerprint density at radius 2 is 2.00 bits per heavy atom. The quantitative estimate of drug-likeness (QED) is 0.667. The number of carbonyl (C=O) groups excluding carboxylic acids is 1. The van der Waals surface area contributed by atoms with Crippen molar-refractivity contribution in [2.75, 3.05) is 0 Å². The minimum Gasteiger partial charge on any atom is -0.267 e. The van der Waals surface area contributed by atoms with Crippen LogP contribution in [0, 0.1) is 13.8 Å². The molecule has 0 aliphatic carbocycles. The van der Waals surface area contributed by atoms with E-state index in [0.29, 0.717) is 5.56 Å². The lowest BCUT2D eigenvalue weighted by molar-refractivity contribution is 0.0954. The van der Waals surface area contributed by atoms with Gasteiger partial charge in [-0.15, -0.1) is 11.3 Å². The number of hydrazone groups is 1. The highest BCUT2D eigenvalue weighted by atomic mass is 32.1. The highest BCUT2D eigenvalue weighted by Gasteiger charge is 2.06. The molecular weight excluding hydrogens is 244 g/mol. The first kappa shape index (κ1) is 12.5. The molecule has 0 aliphatic rings. The molecule has 1 aromatic heterocycles. The van der Waals surface area contributed by atoms with E-state index >= 15 is 0 Å². The van der Waals surface area contributed by atoms with Crippen LogP contribution >= 0.6 is 11.3 Å². The number of nitrogens with zero attached hydrogens (tertiary/aromatic N) is 1. The molecule has 0 spiro atoms. The van der Waals surface area contributed by atoms with Crippen LogP contribution in [-0.2, 0) is 0 Å². The molecule has 0 aliphatic heterocycles. The number of carbonyl (C=O) groups is 1. The predicted molar refractivity (Wildman–Crippen MR) is 75.3 cm³/mol. The Morgan fingerprint density at radius 3 is 2.67 bits per heavy atom. The maximum Gasteiger partial charge on any atom is 0.271 e. The van der Waals surface area contributed by atoms with Gasteiger partial charge in [-0.1, -0.05) is 18.2 Å². The number of rotatable bonds is 3. The van der Waals surface area contributed by atoms with E-state index in [0.717, 1.165) is 10.4 Å². The van der Waals surface area contributed by atoms with Gasteiger partial charge in [-0.05, 0) is 37.6 Å². The summed E-state index contributed by atoms with van der Waals surface area (Å²) >= 11 is 1.64. The Kier molecular flexibility index (Phi) is 3.89. The first-order valence-corrected chi connectivity index (χ1v) is 6.44. The lowest BCUT2D eigenvalue weighted by Gasteiger charge is -2.02. The van der Waals surface area contributed by atoms with E-state index in [-0.39, 0.29) is 5.91 Å². The van der Waals surface area contributed by atoms with Crippen LogP contribution in [0.2, 0.25) is 0 Å². The molecule has 1 aromatic carbocycles. The first-order chi connectivity index (χ1) is 8.66. The third-order valence-electron chi connectivity index (χ3n) is 2.51. The summed E-state index contributed by atoms with van der Waals surface area (Å²) in [5.74, 6) is -0.183. The fourth-order valence-electron chi connectivity index (χ4n) is 1.57. The molecule has 2 aromatic rings. The number of hydrogen-bond donors (Lipinski definition) is 1. The Labute approximate surface area is 110 Å². The summed E-state index contributed by atoms with van der Waals surface area (Å²) in [6, 6.07) is 11.4. The lowest BCUT2D eigenvalue weighted by atomic mass is 10.1. The molecule has 0 saturated carbocycles. The Morgan fingerprint density at radius 1 is 1.22 bits per heavy atom. The summed E-state index contributed by atoms with van der Waals surface area (Å²) in [5, 5.41) is 3.96. The van der Waals surface area contributed by atoms with Crippen molar-refractivity contribution in [2.45, 2.75) is 13.8 Å². The maximum atomic E-state index is 11.8. The fraction of sp³-hybridized carbons (Fsp3) is 0.143. The third kappa shape index (κ3) is 3.05. The SMILES string of the molecule is Cc1ccc(/C=N\NC(=O)c2ccccc2C)s1. The summed E-state index contributed by atoms with van der Waals surface area (Å²) < 4.78 is 0. The van der Waals surface area contributed by atoms with Gasteiger partial charge in [0.25, 0.3) is 5.91 Å². The second kappa shape index (κ2) is 5.60. The van der Waals surface area contributed by atoms with Crippen molar-refractivity contribution in [3.05, 3.63) is 57.3 Å². The summed E-state index contributed by atoms with van der Waals surface area (Å²) in [5.41, 5.74) is 4.13. The predicted octanol–water partition coefficient (Wildman–Crippen LogP) is 3.13. The molecule has 1 N–H and O–H groups in total. The molecule has 4 heteroatoms. The van der Waals surface area contributed by atoms with Gasteiger partial charge in [0.15, 0.2) is 0 Å². The standard InChI is InChI=1S/C14H14N2OS/c1-10-5-3-4-6-13(10)14(17)16-15-9-12-8-7-11(2)18-12/h3-9H,1-2H3,(H,16,17)/b15-9-. The molecule has 0 unspecified atom stereocenters. The van der Waals surface area contributed by atoms with Gasteiger partial charge in [0.1, 0.15) is 0 Å². The first-order valence-electron chi connectivity index (χ1n) is 5.62. The number of aryl methyl sites for hydroxylation is 2. The van der Waals surface area contributed by atoms with Crippen molar-refractivity contribution in [3.8, 4) is 0 Å². The number of hydrogen-bond acceptors (Lipinski definition) is 3. The molecule has 0 saturated heterocycles. The maximum absolute atomic E-state index is 11.8. The fourth-order valence-corrected chi connectivity index (χ4v) is 2.31. The largest absolute Gasteiger partial charge is 0.271 e. The Bertz CT molecular complexity index is 587. The van der Waals surface area contributed by atoms with E-state index in [2.05, 4.69) is 10.5 Å². The van der Waals surface area contributed by atoms with Gasteiger partial charge in [-0.25, -0.2) is 5.43 Å². The molecule has 2 rings (SSSR count). The van der Waals surface area contributed by atoms with E-state index in [9.17, 15) is 4.79 Å². The number of amides is 1. The van der Waals surface area contributed by atoms with E-state index in [1.807, 2.05) is 44.2 Å². The molecule has 1 amide bonds. The minimum absolute atomic E-state index is 0.183. The molecule has 1 heterocycles.